The van der Waals surface area contributed by atoms with Crippen molar-refractivity contribution >= 4 is 18.1 Å². The third-order valence-corrected chi connectivity index (χ3v) is 3.98. The van der Waals surface area contributed by atoms with E-state index in [4.69, 9.17) is 4.74 Å². The molecule has 7 nitrogen and oxygen atoms in total. The van der Waals surface area contributed by atoms with Crippen molar-refractivity contribution in [3.63, 3.8) is 0 Å². The Morgan fingerprint density at radius 2 is 2.07 bits per heavy atom. The van der Waals surface area contributed by atoms with Crippen LogP contribution in [0.4, 0.5) is 5.69 Å². The van der Waals surface area contributed by atoms with E-state index in [-0.39, 0.29) is 23.5 Å². The van der Waals surface area contributed by atoms with Crippen molar-refractivity contribution in [1.82, 2.24) is 14.8 Å². The van der Waals surface area contributed by atoms with Crippen molar-refractivity contribution in [3.8, 4) is 5.88 Å². The molecule has 27 heavy (non-hydrogen) atoms. The fourth-order valence-corrected chi connectivity index (χ4v) is 2.49. The number of nitrogens with zero attached hydrogens (tertiary/aromatic N) is 5. The van der Waals surface area contributed by atoms with Gasteiger partial charge in [0.05, 0.1) is 11.9 Å². The molecule has 1 aliphatic rings. The molecule has 0 saturated heterocycles. The molecular formula is C20H21N5O2. The van der Waals surface area contributed by atoms with Crippen LogP contribution in [0.3, 0.4) is 0 Å². The molecule has 0 amide bonds. The molecular weight excluding hydrogens is 342 g/mol. The number of hydrogen-bond donors (Lipinski definition) is 0. The Bertz CT molecular complexity index is 930. The molecule has 2 aromatic rings. The molecule has 2 atom stereocenters. The number of rotatable bonds is 6. The molecule has 0 spiro atoms. The normalized spacial score (nSPS) is 17.3. The highest BCUT2D eigenvalue weighted by Crippen LogP contribution is 2.21. The Kier molecular flexibility index (Phi) is 5.61. The van der Waals surface area contributed by atoms with Crippen LogP contribution in [-0.2, 0) is 0 Å². The first-order chi connectivity index (χ1) is 13.1. The van der Waals surface area contributed by atoms with E-state index in [1.54, 1.807) is 34.4 Å². The van der Waals surface area contributed by atoms with E-state index < -0.39 is 0 Å². The predicted molar refractivity (Wildman–Crippen MR) is 107 cm³/mol. The van der Waals surface area contributed by atoms with Crippen LogP contribution in [0.15, 0.2) is 76.3 Å². The lowest BCUT2D eigenvalue weighted by atomic mass is 10.1. The highest BCUT2D eigenvalue weighted by atomic mass is 16.5. The zero-order valence-corrected chi connectivity index (χ0v) is 15.3. The zero-order valence-electron chi connectivity index (χ0n) is 15.3. The lowest BCUT2D eigenvalue weighted by molar-refractivity contribution is 0.209. The maximum absolute atomic E-state index is 12.2. The average Bonchev–Trinajstić information content (AvgIpc) is 2.69. The van der Waals surface area contributed by atoms with Gasteiger partial charge in [-0.25, -0.2) is 0 Å². The minimum atomic E-state index is -0.333. The molecule has 0 saturated carbocycles. The zero-order chi connectivity index (χ0) is 19.2. The topological polar surface area (TPSA) is 72.1 Å². The summed E-state index contributed by atoms with van der Waals surface area (Å²) in [4.78, 5) is 16.4. The Morgan fingerprint density at radius 1 is 1.30 bits per heavy atom. The monoisotopic (exact) mass is 363 g/mol. The van der Waals surface area contributed by atoms with Gasteiger partial charge < -0.3 is 4.74 Å². The van der Waals surface area contributed by atoms with Gasteiger partial charge in [-0.05, 0) is 30.7 Å². The van der Waals surface area contributed by atoms with Gasteiger partial charge in [0.25, 0.3) is 5.88 Å². The Morgan fingerprint density at radius 3 is 2.74 bits per heavy atom. The molecule has 3 rings (SSSR count). The number of ether oxygens (including phenoxy) is 1. The Labute approximate surface area is 157 Å². The van der Waals surface area contributed by atoms with E-state index in [1.807, 2.05) is 50.5 Å². The molecule has 138 valence electrons. The van der Waals surface area contributed by atoms with Crippen molar-refractivity contribution in [2.24, 2.45) is 10.1 Å². The van der Waals surface area contributed by atoms with Crippen molar-refractivity contribution in [3.05, 3.63) is 77.2 Å². The summed E-state index contributed by atoms with van der Waals surface area (Å²) in [6.07, 6.45) is 10.1. The van der Waals surface area contributed by atoms with Crippen molar-refractivity contribution in [1.29, 1.82) is 0 Å². The molecule has 0 N–H and O–H groups in total. The van der Waals surface area contributed by atoms with E-state index in [9.17, 15) is 4.79 Å². The van der Waals surface area contributed by atoms with Gasteiger partial charge in [0.2, 0.25) is 5.43 Å². The summed E-state index contributed by atoms with van der Waals surface area (Å²) in [6, 6.07) is 8.86. The standard InChI is InChI=1S/C20H21N5O2/c1-4-11-21-17-7-5-16(6-8-17)15(2)27-20-19(26)10-13-25(23-20)18-9-12-24(3)22-14-18/h4-15,18H,1H2,2-3H3. The SMILES string of the molecule is C=CC=Nc1ccc(C(C)Oc2nn(C3C=CN(C)N=C3)ccc2=O)cc1. The molecule has 0 aliphatic carbocycles. The molecule has 1 aromatic heterocycles. The second-order valence-electron chi connectivity index (χ2n) is 6.00. The number of aromatic nitrogens is 2. The number of benzene rings is 1. The van der Waals surface area contributed by atoms with Crippen LogP contribution in [0.25, 0.3) is 0 Å². The van der Waals surface area contributed by atoms with Crippen LogP contribution in [0.5, 0.6) is 5.88 Å². The summed E-state index contributed by atoms with van der Waals surface area (Å²) in [7, 11) is 1.84. The molecule has 7 heteroatoms. The van der Waals surface area contributed by atoms with Crippen LogP contribution in [0.1, 0.15) is 24.6 Å². The van der Waals surface area contributed by atoms with E-state index in [0.29, 0.717) is 0 Å². The van der Waals surface area contributed by atoms with Crippen molar-refractivity contribution in [2.45, 2.75) is 19.1 Å². The smallest absolute Gasteiger partial charge is 0.280 e. The van der Waals surface area contributed by atoms with Crippen molar-refractivity contribution in [2.75, 3.05) is 7.05 Å². The highest BCUT2D eigenvalue weighted by Gasteiger charge is 2.14. The molecule has 0 fully saturated rings. The Balaban J connectivity index is 1.76. The van der Waals surface area contributed by atoms with E-state index in [2.05, 4.69) is 21.8 Å². The second kappa shape index (κ2) is 8.27. The average molecular weight is 363 g/mol. The molecule has 0 bridgehead atoms. The number of allylic oxidation sites excluding steroid dienone is 2. The highest BCUT2D eigenvalue weighted by molar-refractivity contribution is 5.73. The van der Waals surface area contributed by atoms with Gasteiger partial charge in [0.1, 0.15) is 12.1 Å². The van der Waals surface area contributed by atoms with Crippen LogP contribution >= 0.6 is 0 Å². The summed E-state index contributed by atoms with van der Waals surface area (Å²) >= 11 is 0. The van der Waals surface area contributed by atoms with E-state index in [1.165, 1.54) is 6.07 Å². The van der Waals surface area contributed by atoms with Crippen molar-refractivity contribution < 1.29 is 4.74 Å². The molecule has 2 unspecified atom stereocenters. The lowest BCUT2D eigenvalue weighted by Crippen LogP contribution is -2.22. The predicted octanol–water partition coefficient (Wildman–Crippen LogP) is 3.26. The van der Waals surface area contributed by atoms with Gasteiger partial charge >= 0.3 is 0 Å². The first-order valence-corrected chi connectivity index (χ1v) is 8.53. The van der Waals surface area contributed by atoms with Crippen LogP contribution in [0.2, 0.25) is 0 Å². The fraction of sp³-hybridized carbons (Fsp3) is 0.200. The summed E-state index contributed by atoms with van der Waals surface area (Å²) in [6.45, 7) is 5.47. The third kappa shape index (κ3) is 4.58. The van der Waals surface area contributed by atoms with Gasteiger partial charge in [0.15, 0.2) is 0 Å². The summed E-state index contributed by atoms with van der Waals surface area (Å²) in [5, 5.41) is 10.2. The van der Waals surface area contributed by atoms with E-state index >= 15 is 0 Å². The van der Waals surface area contributed by atoms with Gasteiger partial charge in [-0.2, -0.15) is 5.10 Å². The van der Waals surface area contributed by atoms with Gasteiger partial charge in [0, 0.05) is 31.7 Å². The second-order valence-corrected chi connectivity index (χ2v) is 6.00. The summed E-state index contributed by atoms with van der Waals surface area (Å²) in [5.41, 5.74) is 1.48. The molecule has 1 aromatic carbocycles. The maximum atomic E-state index is 12.2. The Hall–Kier alpha value is -3.48. The first kappa shape index (κ1) is 18.3. The van der Waals surface area contributed by atoms with Crippen LogP contribution in [-0.4, -0.2) is 34.3 Å². The molecule has 2 heterocycles. The number of aliphatic imine (C=N–C) groups is 1. The largest absolute Gasteiger partial charge is 0.466 e. The van der Waals surface area contributed by atoms with Gasteiger partial charge in [-0.3, -0.25) is 19.5 Å². The van der Waals surface area contributed by atoms with E-state index in [0.717, 1.165) is 11.3 Å². The number of hydrogen-bond acceptors (Lipinski definition) is 6. The minimum Gasteiger partial charge on any atom is -0.466 e. The number of hydrazone groups is 1. The maximum Gasteiger partial charge on any atom is 0.280 e. The lowest BCUT2D eigenvalue weighted by Gasteiger charge is -2.19. The fourth-order valence-electron chi connectivity index (χ4n) is 2.49. The third-order valence-electron chi connectivity index (χ3n) is 3.98. The van der Waals surface area contributed by atoms with Gasteiger partial charge in [-0.15, -0.1) is 5.10 Å². The molecule has 1 aliphatic heterocycles. The minimum absolute atomic E-state index is 0.0551. The summed E-state index contributed by atoms with van der Waals surface area (Å²) < 4.78 is 7.47. The first-order valence-electron chi connectivity index (χ1n) is 8.53. The van der Waals surface area contributed by atoms with Gasteiger partial charge in [-0.1, -0.05) is 24.8 Å². The van der Waals surface area contributed by atoms with Crippen LogP contribution in [0, 0.1) is 0 Å². The van der Waals surface area contributed by atoms with Crippen LogP contribution < -0.4 is 10.2 Å². The quantitative estimate of drug-likeness (QED) is 0.739. The summed E-state index contributed by atoms with van der Waals surface area (Å²) in [5.74, 6) is 0.0551. The molecule has 0 radical (unpaired) electrons.